The van der Waals surface area contributed by atoms with E-state index >= 15 is 0 Å². The molecule has 0 saturated heterocycles. The fourth-order valence-electron chi connectivity index (χ4n) is 3.63. The molecule has 0 saturated carbocycles. The lowest BCUT2D eigenvalue weighted by Crippen LogP contribution is -2.49. The Morgan fingerprint density at radius 2 is 1.56 bits per heavy atom. The fourth-order valence-corrected chi connectivity index (χ4v) is 3.63. The van der Waals surface area contributed by atoms with Crippen LogP contribution in [0.15, 0.2) is 48.5 Å². The number of nitrogens with one attached hydrogen (secondary N) is 2. The summed E-state index contributed by atoms with van der Waals surface area (Å²) < 4.78 is 42.4. The maximum absolute atomic E-state index is 12.4. The molecular weight excluding hydrogens is 429 g/mol. The Morgan fingerprint density at radius 3 is 2.09 bits per heavy atom. The Kier molecular flexibility index (Phi) is 7.01. The largest absolute Gasteiger partial charge is 0.481 e. The van der Waals surface area contributed by atoms with Gasteiger partial charge in [0, 0.05) is 12.3 Å². The molecule has 32 heavy (non-hydrogen) atoms. The van der Waals surface area contributed by atoms with Crippen molar-refractivity contribution < 1.29 is 37.4 Å². The minimum atomic E-state index is -4.64. The van der Waals surface area contributed by atoms with Crippen molar-refractivity contribution in [1.29, 1.82) is 0 Å². The van der Waals surface area contributed by atoms with E-state index in [9.17, 15) is 27.6 Å². The molecule has 2 aromatic carbocycles. The number of carbonyl (C=O) groups is 3. The van der Waals surface area contributed by atoms with Crippen molar-refractivity contribution in [2.75, 3.05) is 13.2 Å². The summed E-state index contributed by atoms with van der Waals surface area (Å²) >= 11 is 0. The van der Waals surface area contributed by atoms with Crippen LogP contribution in [0.25, 0.3) is 11.1 Å². The number of halogens is 3. The lowest BCUT2D eigenvalue weighted by molar-refractivity contribution is -0.140. The molecule has 2 amide bonds. The number of hydrogen-bond donors (Lipinski definition) is 3. The average molecular weight is 450 g/mol. The number of aliphatic carboxylic acids is 1. The minimum Gasteiger partial charge on any atom is -0.481 e. The highest BCUT2D eigenvalue weighted by Crippen LogP contribution is 2.44. The third-order valence-electron chi connectivity index (χ3n) is 5.06. The normalized spacial score (nSPS) is 13.6. The van der Waals surface area contributed by atoms with E-state index in [1.807, 2.05) is 48.5 Å². The van der Waals surface area contributed by atoms with E-state index in [-0.39, 0.29) is 18.9 Å². The van der Waals surface area contributed by atoms with Crippen molar-refractivity contribution in [1.82, 2.24) is 10.6 Å². The third-order valence-corrected chi connectivity index (χ3v) is 5.06. The van der Waals surface area contributed by atoms with Crippen LogP contribution in [0.3, 0.4) is 0 Å². The van der Waals surface area contributed by atoms with Gasteiger partial charge in [-0.25, -0.2) is 4.79 Å². The molecule has 3 rings (SSSR count). The second-order valence-electron chi connectivity index (χ2n) is 7.29. The van der Waals surface area contributed by atoms with E-state index < -0.39 is 43.2 Å². The van der Waals surface area contributed by atoms with Crippen molar-refractivity contribution in [3.63, 3.8) is 0 Å². The summed E-state index contributed by atoms with van der Waals surface area (Å²) in [6.45, 7) is -1.66. The van der Waals surface area contributed by atoms with E-state index in [1.54, 1.807) is 5.32 Å². The number of alkyl halides is 3. The van der Waals surface area contributed by atoms with E-state index in [0.29, 0.717) is 0 Å². The fraction of sp³-hybridized carbons (Fsp3) is 0.318. The smallest absolute Gasteiger partial charge is 0.407 e. The van der Waals surface area contributed by atoms with Crippen LogP contribution in [0.4, 0.5) is 18.0 Å². The molecule has 1 aliphatic rings. The summed E-state index contributed by atoms with van der Waals surface area (Å²) in [5.74, 6) is -2.64. The second kappa shape index (κ2) is 9.71. The quantitative estimate of drug-likeness (QED) is 0.572. The minimum absolute atomic E-state index is 0.0598. The van der Waals surface area contributed by atoms with Crippen molar-refractivity contribution in [2.45, 2.75) is 31.0 Å². The standard InChI is InChI=1S/C22H21F3N2O5/c23-22(24,25)12-26-20(30)18(9-10-19(28)29)27-21(31)32-11-17-15-7-3-1-5-13(15)14-6-2-4-8-16(14)17/h1-8,17-18H,9-12H2,(H,26,30)(H,27,31)(H,28,29). The van der Waals surface area contributed by atoms with Gasteiger partial charge in [0.1, 0.15) is 19.2 Å². The van der Waals surface area contributed by atoms with Gasteiger partial charge >= 0.3 is 18.2 Å². The molecule has 7 nitrogen and oxygen atoms in total. The molecular formula is C22H21F3N2O5. The van der Waals surface area contributed by atoms with E-state index in [4.69, 9.17) is 9.84 Å². The zero-order valence-electron chi connectivity index (χ0n) is 16.8. The Hall–Kier alpha value is -3.56. The Morgan fingerprint density at radius 1 is 1.00 bits per heavy atom. The van der Waals surface area contributed by atoms with E-state index in [2.05, 4.69) is 5.32 Å². The van der Waals surface area contributed by atoms with Gasteiger partial charge in [-0.05, 0) is 28.7 Å². The number of amides is 2. The van der Waals surface area contributed by atoms with Gasteiger partial charge in [0.05, 0.1) is 0 Å². The lowest BCUT2D eigenvalue weighted by Gasteiger charge is -2.19. The maximum Gasteiger partial charge on any atom is 0.407 e. The molecule has 2 aromatic rings. The van der Waals surface area contributed by atoms with Crippen LogP contribution < -0.4 is 10.6 Å². The first-order chi connectivity index (χ1) is 15.2. The highest BCUT2D eigenvalue weighted by Gasteiger charge is 2.32. The number of alkyl carbamates (subject to hydrolysis) is 1. The van der Waals surface area contributed by atoms with Crippen molar-refractivity contribution >= 4 is 18.0 Å². The zero-order chi connectivity index (χ0) is 23.3. The van der Waals surface area contributed by atoms with Gasteiger partial charge in [0.2, 0.25) is 5.91 Å². The number of rotatable bonds is 8. The molecule has 0 heterocycles. The molecule has 170 valence electrons. The van der Waals surface area contributed by atoms with Crippen molar-refractivity contribution in [3.8, 4) is 11.1 Å². The molecule has 0 radical (unpaired) electrons. The Bertz CT molecular complexity index is 964. The molecule has 0 fully saturated rings. The average Bonchev–Trinajstić information content (AvgIpc) is 3.06. The second-order valence-corrected chi connectivity index (χ2v) is 7.29. The van der Waals surface area contributed by atoms with Crippen LogP contribution in [-0.2, 0) is 14.3 Å². The summed E-state index contributed by atoms with van der Waals surface area (Å²) in [4.78, 5) is 35.2. The van der Waals surface area contributed by atoms with Gasteiger partial charge in [0.15, 0.2) is 0 Å². The van der Waals surface area contributed by atoms with Gasteiger partial charge < -0.3 is 20.5 Å². The highest BCUT2D eigenvalue weighted by atomic mass is 19.4. The van der Waals surface area contributed by atoms with Gasteiger partial charge in [-0.2, -0.15) is 13.2 Å². The number of carboxylic acid groups (broad SMARTS) is 1. The lowest BCUT2D eigenvalue weighted by atomic mass is 9.98. The summed E-state index contributed by atoms with van der Waals surface area (Å²) in [6.07, 6.45) is -6.57. The van der Waals surface area contributed by atoms with E-state index in [0.717, 1.165) is 22.3 Å². The molecule has 10 heteroatoms. The monoisotopic (exact) mass is 450 g/mol. The van der Waals surface area contributed by atoms with Crippen LogP contribution >= 0.6 is 0 Å². The van der Waals surface area contributed by atoms with Gasteiger partial charge in [-0.3, -0.25) is 9.59 Å². The third kappa shape index (κ3) is 5.77. The Balaban J connectivity index is 1.65. The molecule has 3 N–H and O–H groups in total. The van der Waals surface area contributed by atoms with Crippen LogP contribution in [0.5, 0.6) is 0 Å². The van der Waals surface area contributed by atoms with Crippen molar-refractivity contribution in [3.05, 3.63) is 59.7 Å². The number of carbonyl (C=O) groups excluding carboxylic acids is 2. The van der Waals surface area contributed by atoms with Gasteiger partial charge in [-0.15, -0.1) is 0 Å². The van der Waals surface area contributed by atoms with Gasteiger partial charge in [0.25, 0.3) is 0 Å². The number of benzene rings is 2. The van der Waals surface area contributed by atoms with Crippen LogP contribution in [0.1, 0.15) is 29.9 Å². The maximum atomic E-state index is 12.4. The van der Waals surface area contributed by atoms with Crippen molar-refractivity contribution in [2.24, 2.45) is 0 Å². The van der Waals surface area contributed by atoms with E-state index in [1.165, 1.54) is 0 Å². The highest BCUT2D eigenvalue weighted by molar-refractivity contribution is 5.86. The Labute approximate surface area is 181 Å². The molecule has 1 atom stereocenters. The predicted molar refractivity (Wildman–Crippen MR) is 108 cm³/mol. The van der Waals surface area contributed by atoms with Crippen LogP contribution in [-0.4, -0.2) is 48.4 Å². The SMILES string of the molecule is O=C(O)CCC(NC(=O)OCC1c2ccccc2-c2ccccc21)C(=O)NCC(F)(F)F. The number of carboxylic acids is 1. The van der Waals surface area contributed by atoms with Crippen LogP contribution in [0.2, 0.25) is 0 Å². The first kappa shape index (κ1) is 23.1. The molecule has 1 aliphatic carbocycles. The molecule has 0 bridgehead atoms. The topological polar surface area (TPSA) is 105 Å². The van der Waals surface area contributed by atoms with Crippen LogP contribution in [0, 0.1) is 0 Å². The molecule has 0 aliphatic heterocycles. The zero-order valence-corrected chi connectivity index (χ0v) is 16.8. The summed E-state index contributed by atoms with van der Waals surface area (Å²) in [5, 5.41) is 12.6. The number of hydrogen-bond acceptors (Lipinski definition) is 4. The summed E-state index contributed by atoms with van der Waals surface area (Å²) in [7, 11) is 0. The molecule has 1 unspecified atom stereocenters. The first-order valence-electron chi connectivity index (χ1n) is 9.83. The van der Waals surface area contributed by atoms with Gasteiger partial charge in [-0.1, -0.05) is 48.5 Å². The molecule has 0 spiro atoms. The first-order valence-corrected chi connectivity index (χ1v) is 9.83. The predicted octanol–water partition coefficient (Wildman–Crippen LogP) is 3.44. The number of ether oxygens (including phenoxy) is 1. The number of fused-ring (bicyclic) bond motifs is 3. The summed E-state index contributed by atoms with van der Waals surface area (Å²) in [5.41, 5.74) is 3.96. The summed E-state index contributed by atoms with van der Waals surface area (Å²) in [6, 6.07) is 13.8. The molecule has 0 aromatic heterocycles.